The smallest absolute Gasteiger partial charge is 0.266 e. The summed E-state index contributed by atoms with van der Waals surface area (Å²) >= 11 is 0. The zero-order valence-electron chi connectivity index (χ0n) is 15.1. The molecule has 0 saturated carbocycles. The monoisotopic (exact) mass is 366 g/mol. The maximum Gasteiger partial charge on any atom is 0.266 e. The van der Waals surface area contributed by atoms with Gasteiger partial charge in [0.2, 0.25) is 0 Å². The number of aromatic amines is 1. The number of amides is 2. The predicted molar refractivity (Wildman–Crippen MR) is 98.6 cm³/mol. The number of aromatic nitrogens is 2. The topological polar surface area (TPSA) is 87.8 Å². The highest BCUT2D eigenvalue weighted by atomic mass is 16.5. The van der Waals surface area contributed by atoms with Crippen molar-refractivity contribution in [2.45, 2.75) is 5.92 Å². The number of hydrogen-bond donors (Lipinski definition) is 1. The first-order chi connectivity index (χ1) is 13.0. The number of nitrogens with zero attached hydrogens (tertiary/aromatic N) is 3. The summed E-state index contributed by atoms with van der Waals surface area (Å²) in [5.74, 6) is -0.414. The van der Waals surface area contributed by atoms with Crippen molar-refractivity contribution in [2.75, 3.05) is 26.3 Å². The highest BCUT2D eigenvalue weighted by Gasteiger charge is 2.47. The van der Waals surface area contributed by atoms with E-state index in [0.29, 0.717) is 28.5 Å². The van der Waals surface area contributed by atoms with E-state index >= 15 is 0 Å². The first kappa shape index (κ1) is 16.9. The van der Waals surface area contributed by atoms with Crippen LogP contribution in [0.4, 0.5) is 5.69 Å². The van der Waals surface area contributed by atoms with Gasteiger partial charge in [0.05, 0.1) is 30.9 Å². The van der Waals surface area contributed by atoms with E-state index in [1.807, 2.05) is 24.3 Å². The van der Waals surface area contributed by atoms with Gasteiger partial charge >= 0.3 is 0 Å². The summed E-state index contributed by atoms with van der Waals surface area (Å²) in [4.78, 5) is 33.5. The molecule has 0 radical (unpaired) electrons. The Morgan fingerprint density at radius 2 is 1.67 bits per heavy atom. The molecule has 2 heterocycles. The third-order valence-electron chi connectivity index (χ3n) is 4.58. The van der Waals surface area contributed by atoms with Gasteiger partial charge in [-0.05, 0) is 12.1 Å². The molecule has 1 aliphatic heterocycles. The van der Waals surface area contributed by atoms with Gasteiger partial charge in [0.15, 0.2) is 5.92 Å². The van der Waals surface area contributed by atoms with Crippen molar-refractivity contribution < 1.29 is 19.1 Å². The van der Waals surface area contributed by atoms with E-state index in [-0.39, 0.29) is 5.91 Å². The summed E-state index contributed by atoms with van der Waals surface area (Å²) in [5, 5.41) is 2.60. The Bertz CT molecular complexity index is 990. The van der Waals surface area contributed by atoms with Gasteiger partial charge in [-0.3, -0.25) is 9.59 Å². The van der Waals surface area contributed by atoms with Crippen LogP contribution in [0.3, 0.4) is 0 Å². The summed E-state index contributed by atoms with van der Waals surface area (Å²) in [6.45, 7) is 0. The zero-order valence-corrected chi connectivity index (χ0v) is 15.1. The van der Waals surface area contributed by atoms with E-state index in [0.717, 1.165) is 5.52 Å². The van der Waals surface area contributed by atoms with Crippen molar-refractivity contribution >= 4 is 28.5 Å². The second-order valence-corrected chi connectivity index (χ2v) is 6.15. The number of rotatable bonds is 4. The predicted octanol–water partition coefficient (Wildman–Crippen LogP) is 2.08. The number of carbonyl (C=O) groups excluding carboxylic acids is 2. The Morgan fingerprint density at radius 3 is 2.30 bits per heavy atom. The summed E-state index contributed by atoms with van der Waals surface area (Å²) in [6, 6.07) is 12.4. The van der Waals surface area contributed by atoms with Crippen molar-refractivity contribution in [1.29, 1.82) is 0 Å². The number of hydrogen-bond acceptors (Lipinski definition) is 5. The van der Waals surface area contributed by atoms with Gasteiger partial charge in [-0.2, -0.15) is 0 Å². The average Bonchev–Trinajstić information content (AvgIpc) is 3.19. The molecule has 2 amide bonds. The van der Waals surface area contributed by atoms with Crippen molar-refractivity contribution in [3.63, 3.8) is 0 Å². The molecule has 0 spiro atoms. The van der Waals surface area contributed by atoms with Crippen molar-refractivity contribution in [2.24, 2.45) is 0 Å². The van der Waals surface area contributed by atoms with Gasteiger partial charge in [0, 0.05) is 25.2 Å². The van der Waals surface area contributed by atoms with Gasteiger partial charge in [-0.1, -0.05) is 12.1 Å². The molecule has 3 aromatic rings. The molecular formula is C19H18N4O4. The first-order valence-electron chi connectivity index (χ1n) is 8.32. The van der Waals surface area contributed by atoms with Gasteiger partial charge < -0.3 is 14.5 Å². The fraction of sp³-hybridized carbons (Fsp3) is 0.211. The number of carbonyl (C=O) groups is 2. The van der Waals surface area contributed by atoms with Crippen LogP contribution in [0.25, 0.3) is 11.0 Å². The molecular weight excluding hydrogens is 348 g/mol. The maximum atomic E-state index is 13.1. The molecule has 138 valence electrons. The van der Waals surface area contributed by atoms with Crippen molar-refractivity contribution in [1.82, 2.24) is 15.0 Å². The Hall–Kier alpha value is -3.55. The van der Waals surface area contributed by atoms with Gasteiger partial charge in [0.25, 0.3) is 11.8 Å². The fourth-order valence-corrected chi connectivity index (χ4v) is 3.22. The second kappa shape index (κ2) is 6.31. The summed E-state index contributed by atoms with van der Waals surface area (Å²) in [7, 11) is 4.60. The minimum atomic E-state index is -1.03. The number of anilines is 1. The number of para-hydroxylation sites is 2. The average molecular weight is 366 g/mol. The molecule has 1 atom stereocenters. The lowest BCUT2D eigenvalue weighted by molar-refractivity contribution is -0.128. The number of ether oxygens (including phenoxy) is 2. The van der Waals surface area contributed by atoms with Gasteiger partial charge in [-0.15, -0.1) is 0 Å². The Kier molecular flexibility index (Phi) is 3.95. The lowest BCUT2D eigenvalue weighted by Gasteiger charge is -2.24. The molecule has 2 aromatic carbocycles. The van der Waals surface area contributed by atoms with Crippen LogP contribution < -0.4 is 14.5 Å². The van der Waals surface area contributed by atoms with Crippen LogP contribution in [-0.4, -0.2) is 48.1 Å². The molecule has 1 aliphatic rings. The molecule has 1 N–H and O–H groups in total. The van der Waals surface area contributed by atoms with Crippen LogP contribution in [0.1, 0.15) is 11.7 Å². The lowest BCUT2D eigenvalue weighted by atomic mass is 10.1. The third kappa shape index (κ3) is 2.66. The fourth-order valence-electron chi connectivity index (χ4n) is 3.22. The van der Waals surface area contributed by atoms with Crippen molar-refractivity contribution in [3.05, 3.63) is 48.3 Å². The largest absolute Gasteiger partial charge is 0.497 e. The Balaban J connectivity index is 1.76. The summed E-state index contributed by atoms with van der Waals surface area (Å²) in [5.41, 5.74) is 1.96. The Labute approximate surface area is 155 Å². The number of imidazole rings is 1. The summed E-state index contributed by atoms with van der Waals surface area (Å²) in [6.07, 6.45) is 0. The van der Waals surface area contributed by atoms with E-state index in [1.165, 1.54) is 24.2 Å². The highest BCUT2D eigenvalue weighted by molar-refractivity contribution is 6.18. The van der Waals surface area contributed by atoms with Crippen LogP contribution in [0.15, 0.2) is 42.5 Å². The number of H-pyrrole nitrogens is 1. The van der Waals surface area contributed by atoms with E-state index in [9.17, 15) is 9.59 Å². The Morgan fingerprint density at radius 1 is 1.00 bits per heavy atom. The molecule has 4 rings (SSSR count). The van der Waals surface area contributed by atoms with E-state index < -0.39 is 11.8 Å². The zero-order chi connectivity index (χ0) is 19.1. The van der Waals surface area contributed by atoms with Crippen LogP contribution in [0.5, 0.6) is 11.5 Å². The number of hydrazine groups is 1. The van der Waals surface area contributed by atoms with Gasteiger partial charge in [0.1, 0.15) is 17.3 Å². The van der Waals surface area contributed by atoms with E-state index in [2.05, 4.69) is 9.97 Å². The van der Waals surface area contributed by atoms with Crippen LogP contribution in [-0.2, 0) is 9.59 Å². The van der Waals surface area contributed by atoms with Crippen LogP contribution >= 0.6 is 0 Å². The molecule has 27 heavy (non-hydrogen) atoms. The van der Waals surface area contributed by atoms with Gasteiger partial charge in [-0.25, -0.2) is 15.0 Å². The molecule has 0 aliphatic carbocycles. The van der Waals surface area contributed by atoms with Crippen LogP contribution in [0.2, 0.25) is 0 Å². The quantitative estimate of drug-likeness (QED) is 0.715. The molecule has 1 unspecified atom stereocenters. The van der Waals surface area contributed by atoms with Crippen molar-refractivity contribution in [3.8, 4) is 11.5 Å². The number of nitrogens with one attached hydrogen (secondary N) is 1. The molecule has 1 aromatic heterocycles. The standard InChI is InChI=1S/C19H18N4O4/c1-22-18(24)16(17-20-14-6-4-5-7-15(14)21-17)19(25)23(22)11-8-12(26-2)10-13(9-11)27-3/h4-10,16H,1-3H3,(H,20,21). The van der Waals surface area contributed by atoms with E-state index in [4.69, 9.17) is 9.47 Å². The molecule has 1 fully saturated rings. The number of likely N-dealkylation sites (N-methyl/N-ethyl adjacent to an activating group) is 1. The SMILES string of the molecule is COc1cc(OC)cc(N2C(=O)C(c3nc4ccccc4[nH]3)C(=O)N2C)c1. The number of fused-ring (bicyclic) bond motifs is 1. The highest BCUT2D eigenvalue weighted by Crippen LogP contribution is 2.35. The lowest BCUT2D eigenvalue weighted by Crippen LogP contribution is -2.37. The molecule has 8 heteroatoms. The maximum absolute atomic E-state index is 13.1. The number of benzene rings is 2. The molecule has 8 nitrogen and oxygen atoms in total. The minimum absolute atomic E-state index is 0.329. The summed E-state index contributed by atoms with van der Waals surface area (Å²) < 4.78 is 10.5. The second-order valence-electron chi connectivity index (χ2n) is 6.15. The third-order valence-corrected chi connectivity index (χ3v) is 4.58. The first-order valence-corrected chi connectivity index (χ1v) is 8.32. The number of methoxy groups -OCH3 is 2. The molecule has 0 bridgehead atoms. The molecule has 1 saturated heterocycles. The minimum Gasteiger partial charge on any atom is -0.497 e. The van der Waals surface area contributed by atoms with Crippen LogP contribution in [0, 0.1) is 0 Å². The normalized spacial score (nSPS) is 17.1. The van der Waals surface area contributed by atoms with E-state index in [1.54, 1.807) is 25.2 Å².